The van der Waals surface area contributed by atoms with Gasteiger partial charge in [0.25, 0.3) is 0 Å². The van der Waals surface area contributed by atoms with E-state index >= 15 is 0 Å². The highest BCUT2D eigenvalue weighted by Crippen LogP contribution is 2.23. The molecule has 3 aromatic rings. The molecule has 0 saturated heterocycles. The second-order valence-electron chi connectivity index (χ2n) is 4.85. The van der Waals surface area contributed by atoms with E-state index in [-0.39, 0.29) is 5.97 Å². The van der Waals surface area contributed by atoms with Crippen molar-refractivity contribution < 1.29 is 9.53 Å². The smallest absolute Gasteiger partial charge is 0.311 e. The van der Waals surface area contributed by atoms with Gasteiger partial charge < -0.3 is 9.72 Å². The minimum Gasteiger partial charge on any atom is -0.427 e. The van der Waals surface area contributed by atoms with Crippen molar-refractivity contribution in [3.8, 4) is 17.1 Å². The van der Waals surface area contributed by atoms with Crippen LogP contribution in [0, 0.1) is 0 Å². The Kier molecular flexibility index (Phi) is 3.69. The SMILES string of the molecule is CCCC(=O)Oc1ccc(-c2nc3ccccc3[nH]2)cc1. The number of nitrogens with one attached hydrogen (secondary N) is 1. The van der Waals surface area contributed by atoms with Crippen molar-refractivity contribution in [3.05, 3.63) is 48.5 Å². The number of esters is 1. The lowest BCUT2D eigenvalue weighted by atomic mass is 10.2. The first-order valence-electron chi connectivity index (χ1n) is 7.02. The number of H-pyrrole nitrogens is 1. The van der Waals surface area contributed by atoms with Gasteiger partial charge in [0.15, 0.2) is 0 Å². The van der Waals surface area contributed by atoms with Crippen LogP contribution in [0.3, 0.4) is 0 Å². The van der Waals surface area contributed by atoms with Crippen LogP contribution in [0.1, 0.15) is 19.8 Å². The van der Waals surface area contributed by atoms with Crippen LogP contribution in [0.5, 0.6) is 5.75 Å². The van der Waals surface area contributed by atoms with Crippen LogP contribution in [0.25, 0.3) is 22.4 Å². The maximum atomic E-state index is 11.4. The van der Waals surface area contributed by atoms with Gasteiger partial charge in [-0.25, -0.2) is 4.98 Å². The number of carbonyl (C=O) groups excluding carboxylic acids is 1. The fraction of sp³-hybridized carbons (Fsp3) is 0.176. The first-order valence-corrected chi connectivity index (χ1v) is 7.02. The zero-order chi connectivity index (χ0) is 14.7. The van der Waals surface area contributed by atoms with Gasteiger partial charge in [-0.1, -0.05) is 19.1 Å². The summed E-state index contributed by atoms with van der Waals surface area (Å²) in [6.45, 7) is 1.95. The van der Waals surface area contributed by atoms with Crippen molar-refractivity contribution in [2.24, 2.45) is 0 Å². The number of hydrogen-bond donors (Lipinski definition) is 1. The van der Waals surface area contributed by atoms with Crippen molar-refractivity contribution in [3.63, 3.8) is 0 Å². The lowest BCUT2D eigenvalue weighted by Crippen LogP contribution is -2.06. The molecule has 0 saturated carbocycles. The molecule has 0 aliphatic carbocycles. The van der Waals surface area contributed by atoms with E-state index in [1.165, 1.54) is 0 Å². The van der Waals surface area contributed by atoms with Crippen molar-refractivity contribution in [2.45, 2.75) is 19.8 Å². The molecule has 0 spiro atoms. The Morgan fingerprint density at radius 3 is 2.62 bits per heavy atom. The van der Waals surface area contributed by atoms with Gasteiger partial charge in [0.2, 0.25) is 0 Å². The van der Waals surface area contributed by atoms with Gasteiger partial charge in [-0.2, -0.15) is 0 Å². The van der Waals surface area contributed by atoms with Gasteiger partial charge in [0, 0.05) is 12.0 Å². The molecule has 21 heavy (non-hydrogen) atoms. The minimum atomic E-state index is -0.200. The third-order valence-corrected chi connectivity index (χ3v) is 3.20. The number of aromatic nitrogens is 2. The molecular formula is C17H16N2O2. The van der Waals surface area contributed by atoms with Gasteiger partial charge in [0.05, 0.1) is 11.0 Å². The Labute approximate surface area is 122 Å². The van der Waals surface area contributed by atoms with Gasteiger partial charge in [-0.05, 0) is 42.8 Å². The van der Waals surface area contributed by atoms with Crippen LogP contribution < -0.4 is 4.74 Å². The summed E-state index contributed by atoms with van der Waals surface area (Å²) in [6.07, 6.45) is 1.22. The molecule has 0 unspecified atom stereocenters. The second kappa shape index (κ2) is 5.79. The van der Waals surface area contributed by atoms with E-state index < -0.39 is 0 Å². The molecule has 0 atom stereocenters. The molecule has 1 heterocycles. The molecule has 0 bridgehead atoms. The van der Waals surface area contributed by atoms with Crippen LogP contribution in [0.15, 0.2) is 48.5 Å². The number of imidazole rings is 1. The highest BCUT2D eigenvalue weighted by atomic mass is 16.5. The van der Waals surface area contributed by atoms with Gasteiger partial charge in [0.1, 0.15) is 11.6 Å². The molecule has 2 aromatic carbocycles. The summed E-state index contributed by atoms with van der Waals surface area (Å²) in [7, 11) is 0. The van der Waals surface area contributed by atoms with E-state index in [9.17, 15) is 4.79 Å². The number of para-hydroxylation sites is 2. The first kappa shape index (κ1) is 13.4. The van der Waals surface area contributed by atoms with Crippen LogP contribution in [0.4, 0.5) is 0 Å². The van der Waals surface area contributed by atoms with E-state index in [0.29, 0.717) is 12.2 Å². The molecule has 0 fully saturated rings. The second-order valence-corrected chi connectivity index (χ2v) is 4.85. The quantitative estimate of drug-likeness (QED) is 0.582. The predicted octanol–water partition coefficient (Wildman–Crippen LogP) is 3.94. The van der Waals surface area contributed by atoms with Crippen LogP contribution in [0.2, 0.25) is 0 Å². The molecule has 4 heteroatoms. The largest absolute Gasteiger partial charge is 0.427 e. The van der Waals surface area contributed by atoms with E-state index in [2.05, 4.69) is 9.97 Å². The number of aromatic amines is 1. The number of carbonyl (C=O) groups is 1. The molecular weight excluding hydrogens is 264 g/mol. The molecule has 4 nitrogen and oxygen atoms in total. The number of nitrogens with zero attached hydrogens (tertiary/aromatic N) is 1. The van der Waals surface area contributed by atoms with E-state index in [4.69, 9.17) is 4.74 Å². The summed E-state index contributed by atoms with van der Waals surface area (Å²) in [5.41, 5.74) is 2.90. The Morgan fingerprint density at radius 2 is 1.90 bits per heavy atom. The van der Waals surface area contributed by atoms with E-state index in [0.717, 1.165) is 28.8 Å². The lowest BCUT2D eigenvalue weighted by molar-refractivity contribution is -0.134. The molecule has 106 valence electrons. The molecule has 0 radical (unpaired) electrons. The standard InChI is InChI=1S/C17H16N2O2/c1-2-5-16(20)21-13-10-8-12(9-11-13)17-18-14-6-3-4-7-15(14)19-17/h3-4,6-11H,2,5H2,1H3,(H,18,19). The van der Waals surface area contributed by atoms with E-state index in [1.807, 2.05) is 43.3 Å². The summed E-state index contributed by atoms with van der Waals surface area (Å²) in [5, 5.41) is 0. The summed E-state index contributed by atoms with van der Waals surface area (Å²) in [5.74, 6) is 1.17. The zero-order valence-electron chi connectivity index (χ0n) is 11.8. The van der Waals surface area contributed by atoms with Crippen molar-refractivity contribution in [2.75, 3.05) is 0 Å². The minimum absolute atomic E-state index is 0.200. The zero-order valence-corrected chi connectivity index (χ0v) is 11.8. The summed E-state index contributed by atoms with van der Waals surface area (Å²) >= 11 is 0. The third kappa shape index (κ3) is 2.94. The van der Waals surface area contributed by atoms with Crippen LogP contribution in [-0.4, -0.2) is 15.9 Å². The average molecular weight is 280 g/mol. The highest BCUT2D eigenvalue weighted by molar-refractivity contribution is 5.79. The van der Waals surface area contributed by atoms with E-state index in [1.54, 1.807) is 12.1 Å². The molecule has 3 rings (SSSR count). The number of rotatable bonds is 4. The third-order valence-electron chi connectivity index (χ3n) is 3.20. The fourth-order valence-corrected chi connectivity index (χ4v) is 2.16. The molecule has 0 aliphatic heterocycles. The number of ether oxygens (including phenoxy) is 1. The molecule has 1 N–H and O–H groups in total. The normalized spacial score (nSPS) is 10.7. The molecule has 0 amide bonds. The predicted molar refractivity (Wildman–Crippen MR) is 82.1 cm³/mol. The number of fused-ring (bicyclic) bond motifs is 1. The number of hydrogen-bond acceptors (Lipinski definition) is 3. The Hall–Kier alpha value is -2.62. The number of benzene rings is 2. The average Bonchev–Trinajstić information content (AvgIpc) is 2.92. The van der Waals surface area contributed by atoms with Crippen molar-refractivity contribution in [1.82, 2.24) is 9.97 Å². The summed E-state index contributed by atoms with van der Waals surface area (Å²) in [6, 6.07) is 15.3. The summed E-state index contributed by atoms with van der Waals surface area (Å²) < 4.78 is 5.24. The maximum absolute atomic E-state index is 11.4. The van der Waals surface area contributed by atoms with Crippen LogP contribution >= 0.6 is 0 Å². The highest BCUT2D eigenvalue weighted by Gasteiger charge is 2.06. The Morgan fingerprint density at radius 1 is 1.14 bits per heavy atom. The van der Waals surface area contributed by atoms with Crippen LogP contribution in [-0.2, 0) is 4.79 Å². The maximum Gasteiger partial charge on any atom is 0.311 e. The summed E-state index contributed by atoms with van der Waals surface area (Å²) in [4.78, 5) is 19.3. The van der Waals surface area contributed by atoms with Gasteiger partial charge in [-0.3, -0.25) is 4.79 Å². The molecule has 1 aromatic heterocycles. The van der Waals surface area contributed by atoms with Crippen molar-refractivity contribution >= 4 is 17.0 Å². The lowest BCUT2D eigenvalue weighted by Gasteiger charge is -2.03. The first-order chi connectivity index (χ1) is 10.3. The van der Waals surface area contributed by atoms with Gasteiger partial charge in [-0.15, -0.1) is 0 Å². The van der Waals surface area contributed by atoms with Crippen molar-refractivity contribution in [1.29, 1.82) is 0 Å². The monoisotopic (exact) mass is 280 g/mol. The Balaban J connectivity index is 1.81. The fourth-order valence-electron chi connectivity index (χ4n) is 2.16. The topological polar surface area (TPSA) is 55.0 Å². The van der Waals surface area contributed by atoms with Gasteiger partial charge >= 0.3 is 5.97 Å². The Bertz CT molecular complexity index is 727. The molecule has 0 aliphatic rings.